The fourth-order valence-corrected chi connectivity index (χ4v) is 1.35. The van der Waals surface area contributed by atoms with E-state index in [0.717, 1.165) is 5.75 Å². The minimum absolute atomic E-state index is 0.124. The Bertz CT molecular complexity index is 498. The van der Waals surface area contributed by atoms with Crippen molar-refractivity contribution in [2.24, 2.45) is 0 Å². The number of nitrogens with two attached hydrogens (primary N) is 1. The van der Waals surface area contributed by atoms with Crippen LogP contribution in [0, 0.1) is 0 Å². The molecular weight excluding hydrogens is 206 g/mol. The zero-order valence-electron chi connectivity index (χ0n) is 8.72. The zero-order valence-corrected chi connectivity index (χ0v) is 8.72. The average Bonchev–Trinajstić information content (AvgIpc) is 2.68. The van der Waals surface area contributed by atoms with Crippen LogP contribution in [0.4, 0.5) is 5.69 Å². The molecule has 3 N–H and O–H groups in total. The van der Waals surface area contributed by atoms with Crippen LogP contribution in [0.1, 0.15) is 0 Å². The third kappa shape index (κ3) is 2.44. The lowest BCUT2D eigenvalue weighted by Gasteiger charge is -2.06. The minimum atomic E-state index is -0.124. The lowest BCUT2D eigenvalue weighted by Crippen LogP contribution is -2.19. The second kappa shape index (κ2) is 4.57. The van der Waals surface area contributed by atoms with E-state index in [1.165, 1.54) is 0 Å². The Hall–Kier alpha value is -2.17. The van der Waals surface area contributed by atoms with Gasteiger partial charge in [-0.2, -0.15) is 0 Å². The molecule has 0 amide bonds. The highest BCUT2D eigenvalue weighted by molar-refractivity contribution is 5.41. The Morgan fingerprint density at radius 2 is 2.06 bits per heavy atom. The van der Waals surface area contributed by atoms with Crippen molar-refractivity contribution < 1.29 is 4.74 Å². The summed E-state index contributed by atoms with van der Waals surface area (Å²) in [6.07, 6.45) is 3.29. The van der Waals surface area contributed by atoms with Crippen LogP contribution in [0.5, 0.6) is 5.75 Å². The predicted octanol–water partition coefficient (Wildman–Crippen LogP) is 0.838. The summed E-state index contributed by atoms with van der Waals surface area (Å²) in [5, 5.41) is 0. The molecule has 2 aromatic rings. The molecule has 0 radical (unpaired) electrons. The fourth-order valence-electron chi connectivity index (χ4n) is 1.35. The molecule has 0 unspecified atom stereocenters. The van der Waals surface area contributed by atoms with Crippen LogP contribution in [0.25, 0.3) is 0 Å². The van der Waals surface area contributed by atoms with Gasteiger partial charge >= 0.3 is 5.69 Å². The van der Waals surface area contributed by atoms with Gasteiger partial charge in [-0.15, -0.1) is 0 Å². The van der Waals surface area contributed by atoms with Crippen molar-refractivity contribution in [2.45, 2.75) is 6.54 Å². The van der Waals surface area contributed by atoms with E-state index < -0.39 is 0 Å². The highest BCUT2D eigenvalue weighted by Gasteiger charge is 1.96. The van der Waals surface area contributed by atoms with E-state index in [4.69, 9.17) is 10.5 Å². The Morgan fingerprint density at radius 3 is 2.69 bits per heavy atom. The van der Waals surface area contributed by atoms with Gasteiger partial charge in [0.2, 0.25) is 0 Å². The molecule has 1 aromatic carbocycles. The van der Waals surface area contributed by atoms with Crippen LogP contribution < -0.4 is 16.2 Å². The number of nitrogens with one attached hydrogen (secondary N) is 1. The number of rotatable bonds is 4. The zero-order chi connectivity index (χ0) is 11.4. The molecule has 0 aliphatic rings. The van der Waals surface area contributed by atoms with Gasteiger partial charge in [-0.1, -0.05) is 0 Å². The van der Waals surface area contributed by atoms with Crippen molar-refractivity contribution in [1.82, 2.24) is 9.55 Å². The van der Waals surface area contributed by atoms with Gasteiger partial charge in [-0.3, -0.25) is 4.57 Å². The number of aromatic nitrogens is 2. The predicted molar refractivity (Wildman–Crippen MR) is 61.4 cm³/mol. The molecule has 0 spiro atoms. The molecule has 2 rings (SSSR count). The number of hydrogen-bond donors (Lipinski definition) is 2. The molecule has 5 nitrogen and oxygen atoms in total. The SMILES string of the molecule is Nc1ccc(OCCn2cc[nH]c2=O)cc1. The van der Waals surface area contributed by atoms with Gasteiger partial charge in [0.15, 0.2) is 0 Å². The summed E-state index contributed by atoms with van der Waals surface area (Å²) in [7, 11) is 0. The molecule has 0 aliphatic carbocycles. The first-order valence-corrected chi connectivity index (χ1v) is 4.98. The van der Waals surface area contributed by atoms with Gasteiger partial charge in [0.05, 0.1) is 6.54 Å². The summed E-state index contributed by atoms with van der Waals surface area (Å²) in [6, 6.07) is 7.15. The third-order valence-corrected chi connectivity index (χ3v) is 2.20. The normalized spacial score (nSPS) is 10.2. The maximum Gasteiger partial charge on any atom is 0.325 e. The third-order valence-electron chi connectivity index (χ3n) is 2.20. The molecule has 1 heterocycles. The van der Waals surface area contributed by atoms with Gasteiger partial charge in [-0.05, 0) is 24.3 Å². The van der Waals surface area contributed by atoms with E-state index >= 15 is 0 Å². The van der Waals surface area contributed by atoms with Gasteiger partial charge < -0.3 is 15.5 Å². The van der Waals surface area contributed by atoms with Crippen LogP contribution in [0.15, 0.2) is 41.5 Å². The first-order chi connectivity index (χ1) is 7.75. The molecular formula is C11H13N3O2. The summed E-state index contributed by atoms with van der Waals surface area (Å²) in [6.45, 7) is 0.967. The Morgan fingerprint density at radius 1 is 1.31 bits per heavy atom. The second-order valence-corrected chi connectivity index (χ2v) is 3.38. The summed E-state index contributed by atoms with van der Waals surface area (Å²) >= 11 is 0. The molecule has 5 heteroatoms. The quantitative estimate of drug-likeness (QED) is 0.748. The summed E-state index contributed by atoms with van der Waals surface area (Å²) < 4.78 is 7.01. The number of ether oxygens (including phenoxy) is 1. The van der Waals surface area contributed by atoms with E-state index in [0.29, 0.717) is 18.8 Å². The number of hydrogen-bond acceptors (Lipinski definition) is 3. The number of benzene rings is 1. The second-order valence-electron chi connectivity index (χ2n) is 3.38. The van der Waals surface area contributed by atoms with E-state index in [1.807, 2.05) is 0 Å². The minimum Gasteiger partial charge on any atom is -0.492 e. The van der Waals surface area contributed by atoms with Crippen molar-refractivity contribution in [1.29, 1.82) is 0 Å². The Kier molecular flexibility index (Phi) is 2.95. The molecule has 0 fully saturated rings. The van der Waals surface area contributed by atoms with E-state index in [2.05, 4.69) is 4.98 Å². The van der Waals surface area contributed by atoms with E-state index in [9.17, 15) is 4.79 Å². The van der Waals surface area contributed by atoms with Crippen LogP contribution in [-0.4, -0.2) is 16.2 Å². The van der Waals surface area contributed by atoms with Crippen LogP contribution in [0.2, 0.25) is 0 Å². The number of imidazole rings is 1. The molecule has 0 atom stereocenters. The van der Waals surface area contributed by atoms with E-state index in [1.54, 1.807) is 41.2 Å². The number of H-pyrrole nitrogens is 1. The van der Waals surface area contributed by atoms with Crippen LogP contribution in [-0.2, 0) is 6.54 Å². The highest BCUT2D eigenvalue weighted by Crippen LogP contribution is 2.12. The average molecular weight is 219 g/mol. The van der Waals surface area contributed by atoms with Gasteiger partial charge in [0.1, 0.15) is 12.4 Å². The lowest BCUT2D eigenvalue weighted by atomic mass is 10.3. The van der Waals surface area contributed by atoms with Gasteiger partial charge in [0.25, 0.3) is 0 Å². The molecule has 1 aromatic heterocycles. The maximum absolute atomic E-state index is 11.1. The van der Waals surface area contributed by atoms with Crippen LogP contribution in [0.3, 0.4) is 0 Å². The fraction of sp³-hybridized carbons (Fsp3) is 0.182. The standard InChI is InChI=1S/C11H13N3O2/c12-9-1-3-10(4-2-9)16-8-7-14-6-5-13-11(14)15/h1-6H,7-8,12H2,(H,13,15). The smallest absolute Gasteiger partial charge is 0.325 e. The topological polar surface area (TPSA) is 73.0 Å². The van der Waals surface area contributed by atoms with Crippen molar-refractivity contribution in [2.75, 3.05) is 12.3 Å². The van der Waals surface area contributed by atoms with Crippen molar-refractivity contribution in [3.63, 3.8) is 0 Å². The largest absolute Gasteiger partial charge is 0.492 e. The molecule has 0 saturated carbocycles. The summed E-state index contributed by atoms with van der Waals surface area (Å²) in [5.41, 5.74) is 6.13. The van der Waals surface area contributed by atoms with Crippen molar-refractivity contribution in [3.8, 4) is 5.75 Å². The first kappa shape index (κ1) is 10.4. The number of aromatic amines is 1. The Balaban J connectivity index is 1.87. The summed E-state index contributed by atoms with van der Waals surface area (Å²) in [5.74, 6) is 0.748. The molecule has 0 bridgehead atoms. The van der Waals surface area contributed by atoms with E-state index in [-0.39, 0.29) is 5.69 Å². The van der Waals surface area contributed by atoms with Crippen LogP contribution >= 0.6 is 0 Å². The lowest BCUT2D eigenvalue weighted by molar-refractivity contribution is 0.296. The van der Waals surface area contributed by atoms with Crippen molar-refractivity contribution in [3.05, 3.63) is 47.1 Å². The molecule has 0 saturated heterocycles. The number of nitrogens with zero attached hydrogens (tertiary/aromatic N) is 1. The maximum atomic E-state index is 11.1. The highest BCUT2D eigenvalue weighted by atomic mass is 16.5. The Labute approximate surface area is 92.5 Å². The molecule has 84 valence electrons. The van der Waals surface area contributed by atoms with Gasteiger partial charge in [0, 0.05) is 18.1 Å². The number of nitrogen functional groups attached to an aromatic ring is 1. The van der Waals surface area contributed by atoms with Crippen molar-refractivity contribution >= 4 is 5.69 Å². The first-order valence-electron chi connectivity index (χ1n) is 4.98. The molecule has 0 aliphatic heterocycles. The van der Waals surface area contributed by atoms with Gasteiger partial charge in [-0.25, -0.2) is 4.79 Å². The molecule has 16 heavy (non-hydrogen) atoms. The number of anilines is 1. The monoisotopic (exact) mass is 219 g/mol. The summed E-state index contributed by atoms with van der Waals surface area (Å²) in [4.78, 5) is 13.7.